The SMILES string of the molecule is CC1(C)CN(C(=O)CCl)c2cc(Cc3ccc(F)cc3)c3nc(C(F)F)cn3c21. The monoisotopic (exact) mass is 421 g/mol. The van der Waals surface area contributed by atoms with Gasteiger partial charge in [-0.05, 0) is 23.8 Å². The van der Waals surface area contributed by atoms with Crippen molar-refractivity contribution >= 4 is 28.8 Å². The number of amides is 1. The van der Waals surface area contributed by atoms with Gasteiger partial charge in [0.05, 0.1) is 11.4 Å². The molecule has 4 nitrogen and oxygen atoms in total. The lowest BCUT2D eigenvalue weighted by Crippen LogP contribution is -2.34. The average Bonchev–Trinajstić information content (AvgIpc) is 3.22. The number of hydrogen-bond donors (Lipinski definition) is 0. The van der Waals surface area contributed by atoms with Crippen LogP contribution in [-0.4, -0.2) is 27.7 Å². The zero-order valence-electron chi connectivity index (χ0n) is 15.9. The first-order valence-corrected chi connectivity index (χ1v) is 9.69. The molecule has 0 atom stereocenters. The molecule has 0 saturated carbocycles. The third-order valence-electron chi connectivity index (χ3n) is 5.24. The fraction of sp³-hybridized carbons (Fsp3) is 0.333. The summed E-state index contributed by atoms with van der Waals surface area (Å²) in [6.45, 7) is 4.30. The standard InChI is InChI=1S/C21H19ClF3N3O/c1-21(2)11-28(17(29)9-22)16-8-13(7-12-3-5-14(23)6-4-12)20-26-15(19(24)25)10-27(20)18(16)21/h3-6,8,10,19H,7,9,11H2,1-2H3. The number of rotatable bonds is 4. The summed E-state index contributed by atoms with van der Waals surface area (Å²) in [5, 5.41) is 0. The predicted molar refractivity (Wildman–Crippen MR) is 105 cm³/mol. The highest BCUT2D eigenvalue weighted by atomic mass is 35.5. The zero-order chi connectivity index (χ0) is 20.9. The van der Waals surface area contributed by atoms with Crippen LogP contribution in [0, 0.1) is 5.82 Å². The van der Waals surface area contributed by atoms with Crippen molar-refractivity contribution in [3.63, 3.8) is 0 Å². The first-order chi connectivity index (χ1) is 13.7. The van der Waals surface area contributed by atoms with Crippen LogP contribution in [0.15, 0.2) is 36.5 Å². The van der Waals surface area contributed by atoms with Crippen molar-refractivity contribution in [2.75, 3.05) is 17.3 Å². The van der Waals surface area contributed by atoms with Crippen molar-refractivity contribution in [2.45, 2.75) is 32.1 Å². The van der Waals surface area contributed by atoms with Crippen LogP contribution in [0.4, 0.5) is 18.9 Å². The van der Waals surface area contributed by atoms with Crippen molar-refractivity contribution in [1.82, 2.24) is 9.38 Å². The third kappa shape index (κ3) is 3.37. The van der Waals surface area contributed by atoms with Crippen molar-refractivity contribution in [3.8, 4) is 0 Å². The van der Waals surface area contributed by atoms with Crippen LogP contribution < -0.4 is 4.90 Å². The average molecular weight is 422 g/mol. The highest BCUT2D eigenvalue weighted by Gasteiger charge is 2.40. The van der Waals surface area contributed by atoms with Gasteiger partial charge in [0.15, 0.2) is 0 Å². The van der Waals surface area contributed by atoms with Gasteiger partial charge in [0.25, 0.3) is 6.43 Å². The number of carbonyl (C=O) groups excluding carboxylic acids is 1. The molecule has 4 rings (SSSR count). The normalized spacial score (nSPS) is 15.3. The Hall–Kier alpha value is -2.54. The van der Waals surface area contributed by atoms with Crippen LogP contribution >= 0.6 is 11.6 Å². The van der Waals surface area contributed by atoms with E-state index in [2.05, 4.69) is 4.98 Å². The number of aromatic nitrogens is 2. The highest BCUT2D eigenvalue weighted by Crippen LogP contribution is 2.43. The Labute approximate surface area is 170 Å². The van der Waals surface area contributed by atoms with Crippen LogP contribution in [0.25, 0.3) is 5.65 Å². The molecule has 0 saturated heterocycles. The van der Waals surface area contributed by atoms with E-state index in [1.165, 1.54) is 18.3 Å². The number of imidazole rings is 1. The topological polar surface area (TPSA) is 37.6 Å². The summed E-state index contributed by atoms with van der Waals surface area (Å²) in [5.74, 6) is -0.776. The number of halogens is 4. The van der Waals surface area contributed by atoms with Gasteiger partial charge in [-0.1, -0.05) is 26.0 Å². The first kappa shape index (κ1) is 19.8. The molecule has 0 N–H and O–H groups in total. The van der Waals surface area contributed by atoms with E-state index in [-0.39, 0.29) is 23.3 Å². The Morgan fingerprint density at radius 3 is 2.59 bits per heavy atom. The molecule has 0 radical (unpaired) electrons. The van der Waals surface area contributed by atoms with Gasteiger partial charge < -0.3 is 9.30 Å². The third-order valence-corrected chi connectivity index (χ3v) is 5.47. The maximum Gasteiger partial charge on any atom is 0.281 e. The Kier molecular flexibility index (Phi) is 4.81. The largest absolute Gasteiger partial charge is 0.309 e. The van der Waals surface area contributed by atoms with Crippen LogP contribution in [0.1, 0.15) is 42.8 Å². The molecule has 0 spiro atoms. The summed E-state index contributed by atoms with van der Waals surface area (Å²) in [6, 6.07) is 7.80. The summed E-state index contributed by atoms with van der Waals surface area (Å²) in [6.07, 6.45) is -1.02. The van der Waals surface area contributed by atoms with Gasteiger partial charge in [-0.2, -0.15) is 0 Å². The second-order valence-corrected chi connectivity index (χ2v) is 8.13. The Morgan fingerprint density at radius 1 is 1.28 bits per heavy atom. The highest BCUT2D eigenvalue weighted by molar-refractivity contribution is 6.29. The minimum Gasteiger partial charge on any atom is -0.309 e. The lowest BCUT2D eigenvalue weighted by Gasteiger charge is -2.20. The molecule has 1 aromatic carbocycles. The molecule has 0 aliphatic carbocycles. The van der Waals surface area contributed by atoms with E-state index in [4.69, 9.17) is 11.6 Å². The fourth-order valence-electron chi connectivity index (χ4n) is 4.00. The molecule has 29 heavy (non-hydrogen) atoms. The lowest BCUT2D eigenvalue weighted by molar-refractivity contribution is -0.116. The molecular formula is C21H19ClF3N3O. The van der Waals surface area contributed by atoms with Gasteiger partial charge in [0, 0.05) is 30.1 Å². The zero-order valence-corrected chi connectivity index (χ0v) is 16.7. The summed E-state index contributed by atoms with van der Waals surface area (Å²) in [7, 11) is 0. The molecule has 3 heterocycles. The van der Waals surface area contributed by atoms with Crippen LogP contribution in [0.2, 0.25) is 0 Å². The second kappa shape index (κ2) is 7.06. The van der Waals surface area contributed by atoms with Crippen LogP contribution in [0.3, 0.4) is 0 Å². The number of anilines is 1. The van der Waals surface area contributed by atoms with Crippen LogP contribution in [0.5, 0.6) is 0 Å². The molecule has 0 bridgehead atoms. The van der Waals surface area contributed by atoms with Crippen molar-refractivity contribution < 1.29 is 18.0 Å². The Bertz CT molecular complexity index is 1090. The van der Waals surface area contributed by atoms with Gasteiger partial charge in [0.2, 0.25) is 5.91 Å². The summed E-state index contributed by atoms with van der Waals surface area (Å²) in [5.41, 5.74) is 2.49. The van der Waals surface area contributed by atoms with E-state index < -0.39 is 11.8 Å². The molecule has 2 aromatic heterocycles. The van der Waals surface area contributed by atoms with E-state index in [1.54, 1.807) is 21.4 Å². The quantitative estimate of drug-likeness (QED) is 0.564. The smallest absolute Gasteiger partial charge is 0.281 e. The molecular weight excluding hydrogens is 403 g/mol. The fourth-order valence-corrected chi connectivity index (χ4v) is 4.15. The maximum absolute atomic E-state index is 13.4. The van der Waals surface area contributed by atoms with Gasteiger partial charge in [-0.3, -0.25) is 4.79 Å². The molecule has 0 fully saturated rings. The van der Waals surface area contributed by atoms with E-state index >= 15 is 0 Å². The van der Waals surface area contributed by atoms with Crippen molar-refractivity contribution in [3.05, 3.63) is 64.9 Å². The second-order valence-electron chi connectivity index (χ2n) is 7.86. The van der Waals surface area contributed by atoms with Gasteiger partial charge in [-0.25, -0.2) is 18.2 Å². The molecule has 1 aliphatic heterocycles. The van der Waals surface area contributed by atoms with E-state index in [1.807, 2.05) is 19.9 Å². The summed E-state index contributed by atoms with van der Waals surface area (Å²) < 4.78 is 41.7. The first-order valence-electron chi connectivity index (χ1n) is 9.15. The van der Waals surface area contributed by atoms with E-state index in [0.29, 0.717) is 29.9 Å². The number of alkyl halides is 3. The molecule has 152 valence electrons. The number of carbonyl (C=O) groups is 1. The molecule has 1 aliphatic rings. The lowest BCUT2D eigenvalue weighted by atomic mass is 9.90. The summed E-state index contributed by atoms with van der Waals surface area (Å²) in [4.78, 5) is 18.2. The van der Waals surface area contributed by atoms with Gasteiger partial charge in [0.1, 0.15) is 23.0 Å². The van der Waals surface area contributed by atoms with E-state index in [9.17, 15) is 18.0 Å². The maximum atomic E-state index is 13.4. The van der Waals surface area contributed by atoms with Crippen molar-refractivity contribution in [2.24, 2.45) is 0 Å². The predicted octanol–water partition coefficient (Wildman–Crippen LogP) is 4.86. The van der Waals surface area contributed by atoms with Gasteiger partial charge in [-0.15, -0.1) is 11.6 Å². The Morgan fingerprint density at radius 2 is 1.97 bits per heavy atom. The van der Waals surface area contributed by atoms with Gasteiger partial charge >= 0.3 is 0 Å². The van der Waals surface area contributed by atoms with Crippen LogP contribution in [-0.2, 0) is 16.6 Å². The molecule has 1 amide bonds. The number of benzene rings is 1. The molecule has 8 heteroatoms. The van der Waals surface area contributed by atoms with Crippen molar-refractivity contribution in [1.29, 1.82) is 0 Å². The molecule has 3 aromatic rings. The molecule has 0 unspecified atom stereocenters. The number of nitrogens with zero attached hydrogens (tertiary/aromatic N) is 3. The Balaban J connectivity index is 1.95. The van der Waals surface area contributed by atoms with E-state index in [0.717, 1.165) is 11.3 Å². The summed E-state index contributed by atoms with van der Waals surface area (Å²) >= 11 is 5.79. The number of hydrogen-bond acceptors (Lipinski definition) is 2. The minimum atomic E-state index is -2.71. The minimum absolute atomic E-state index is 0.174. The number of fused-ring (bicyclic) bond motifs is 3. The number of pyridine rings is 1.